The van der Waals surface area contributed by atoms with E-state index < -0.39 is 0 Å². The average molecular weight is 511 g/mol. The minimum atomic E-state index is -0.216. The van der Waals surface area contributed by atoms with Gasteiger partial charge in [0.25, 0.3) is 0 Å². The average Bonchev–Trinajstić information content (AvgIpc) is 3.77. The molecule has 1 aliphatic carbocycles. The van der Waals surface area contributed by atoms with Crippen molar-refractivity contribution in [2.45, 2.75) is 50.0 Å². The van der Waals surface area contributed by atoms with Gasteiger partial charge in [0.2, 0.25) is 0 Å². The number of pyridine rings is 1. The van der Waals surface area contributed by atoms with Crippen LogP contribution in [0.5, 0.6) is 0 Å². The zero-order valence-corrected chi connectivity index (χ0v) is 21.6. The van der Waals surface area contributed by atoms with Crippen molar-refractivity contribution in [2.24, 2.45) is 7.05 Å². The van der Waals surface area contributed by atoms with E-state index in [4.69, 9.17) is 24.3 Å². The van der Waals surface area contributed by atoms with Gasteiger partial charge < -0.3 is 19.2 Å². The van der Waals surface area contributed by atoms with Gasteiger partial charge in [0, 0.05) is 59.6 Å². The molecule has 9 nitrogen and oxygen atoms in total. The lowest BCUT2D eigenvalue weighted by Crippen LogP contribution is -2.25. The van der Waals surface area contributed by atoms with Crippen LogP contribution < -0.4 is 0 Å². The molecule has 2 atom stereocenters. The SMILES string of the molecule is CO[C@H]1COC[C@@H]1n1ncc2cc(-c3c(-c4cnn(C)c4)[nH]c4ncc5c(c34)C3(CCCC3)OC5)ccc21. The smallest absolute Gasteiger partial charge is 0.138 e. The number of hydrogen-bond donors (Lipinski definition) is 1. The lowest BCUT2D eigenvalue weighted by Gasteiger charge is -2.24. The Kier molecular flexibility index (Phi) is 4.86. The molecule has 5 aromatic rings. The van der Waals surface area contributed by atoms with Gasteiger partial charge in [-0.05, 0) is 30.5 Å². The fourth-order valence-electron chi connectivity index (χ4n) is 6.96. The van der Waals surface area contributed by atoms with E-state index in [-0.39, 0.29) is 17.7 Å². The van der Waals surface area contributed by atoms with Crippen LogP contribution in [0.15, 0.2) is 43.0 Å². The summed E-state index contributed by atoms with van der Waals surface area (Å²) in [5.74, 6) is 0. The maximum atomic E-state index is 6.53. The standard InChI is InChI=1S/C29H30N6O3/c1-34-13-19(12-31-34)27-24(25-26-20(10-30-28(25)33-27)14-38-29(26)7-3-4-8-29)17-5-6-21-18(9-17)11-32-35(21)22-15-37-16-23(22)36-2/h5-6,9-13,22-23H,3-4,7-8,14-16H2,1-2H3,(H,30,33)/t22-,23-/m0/s1. The summed E-state index contributed by atoms with van der Waals surface area (Å²) < 4.78 is 21.8. The molecule has 3 aliphatic rings. The highest BCUT2D eigenvalue weighted by atomic mass is 16.5. The second-order valence-corrected chi connectivity index (χ2v) is 10.9. The van der Waals surface area contributed by atoms with Crippen molar-refractivity contribution in [3.05, 3.63) is 54.1 Å². The monoisotopic (exact) mass is 510 g/mol. The third-order valence-electron chi connectivity index (χ3n) is 8.77. The minimum Gasteiger partial charge on any atom is -0.377 e. The van der Waals surface area contributed by atoms with E-state index in [9.17, 15) is 0 Å². The third-order valence-corrected chi connectivity index (χ3v) is 8.77. The number of hydrogen-bond acceptors (Lipinski definition) is 6. The molecule has 9 heteroatoms. The molecule has 1 saturated carbocycles. The highest BCUT2D eigenvalue weighted by molar-refractivity contribution is 6.06. The van der Waals surface area contributed by atoms with Crippen LogP contribution in [0.2, 0.25) is 0 Å². The lowest BCUT2D eigenvalue weighted by atomic mass is 9.86. The second kappa shape index (κ2) is 8.23. The molecule has 194 valence electrons. The second-order valence-electron chi connectivity index (χ2n) is 10.9. The minimum absolute atomic E-state index is 0.000148. The van der Waals surface area contributed by atoms with Crippen LogP contribution in [-0.2, 0) is 33.5 Å². The van der Waals surface area contributed by atoms with Gasteiger partial charge in [0.1, 0.15) is 17.8 Å². The number of nitrogens with zero attached hydrogens (tertiary/aromatic N) is 5. The summed E-state index contributed by atoms with van der Waals surface area (Å²) in [6, 6.07) is 6.69. The van der Waals surface area contributed by atoms with Gasteiger partial charge in [-0.1, -0.05) is 18.9 Å². The summed E-state index contributed by atoms with van der Waals surface area (Å²) in [7, 11) is 3.68. The Bertz CT molecular complexity index is 1690. The first-order chi connectivity index (χ1) is 18.6. The molecule has 2 fully saturated rings. The lowest BCUT2D eigenvalue weighted by molar-refractivity contribution is -0.0317. The quantitative estimate of drug-likeness (QED) is 0.371. The summed E-state index contributed by atoms with van der Waals surface area (Å²) in [6.07, 6.45) is 12.4. The number of aromatic amines is 1. The Morgan fingerprint density at radius 3 is 2.79 bits per heavy atom. The molecular weight excluding hydrogens is 480 g/mol. The summed E-state index contributed by atoms with van der Waals surface area (Å²) in [6.45, 7) is 1.82. The van der Waals surface area contributed by atoms with Gasteiger partial charge >= 0.3 is 0 Å². The van der Waals surface area contributed by atoms with Gasteiger partial charge in [0.15, 0.2) is 0 Å². The molecule has 4 aromatic heterocycles. The normalized spacial score (nSPS) is 22.4. The molecular formula is C29H30N6O3. The number of ether oxygens (including phenoxy) is 3. The predicted molar refractivity (Wildman–Crippen MR) is 143 cm³/mol. The summed E-state index contributed by atoms with van der Waals surface area (Å²) in [4.78, 5) is 8.54. The first-order valence-electron chi connectivity index (χ1n) is 13.4. The Hall–Kier alpha value is -3.53. The van der Waals surface area contributed by atoms with Crippen molar-refractivity contribution >= 4 is 21.9 Å². The van der Waals surface area contributed by atoms with E-state index >= 15 is 0 Å². The van der Waals surface area contributed by atoms with Gasteiger partial charge in [-0.15, -0.1) is 0 Å². The Balaban J connectivity index is 1.36. The Morgan fingerprint density at radius 2 is 1.97 bits per heavy atom. The molecule has 38 heavy (non-hydrogen) atoms. The van der Waals surface area contributed by atoms with E-state index in [1.54, 1.807) is 7.11 Å². The Labute approximate surface area is 219 Å². The van der Waals surface area contributed by atoms with Gasteiger partial charge in [-0.2, -0.15) is 10.2 Å². The van der Waals surface area contributed by atoms with E-state index in [0.717, 1.165) is 51.8 Å². The zero-order valence-electron chi connectivity index (χ0n) is 21.6. The third kappa shape index (κ3) is 3.12. The number of fused-ring (bicyclic) bond motifs is 5. The first kappa shape index (κ1) is 22.5. The Morgan fingerprint density at radius 1 is 1.08 bits per heavy atom. The molecule has 0 bridgehead atoms. The largest absolute Gasteiger partial charge is 0.377 e. The molecule has 1 spiro atoms. The molecule has 2 aliphatic heterocycles. The van der Waals surface area contributed by atoms with Crippen LogP contribution in [0, 0.1) is 0 Å². The van der Waals surface area contributed by atoms with Crippen LogP contribution in [0.4, 0.5) is 0 Å². The number of aryl methyl sites for hydroxylation is 1. The molecule has 8 rings (SSSR count). The van der Waals surface area contributed by atoms with E-state index in [1.807, 2.05) is 30.3 Å². The van der Waals surface area contributed by atoms with Crippen LogP contribution in [0.3, 0.4) is 0 Å². The predicted octanol–water partition coefficient (Wildman–Crippen LogP) is 4.87. The van der Waals surface area contributed by atoms with Crippen molar-refractivity contribution in [3.8, 4) is 22.4 Å². The van der Waals surface area contributed by atoms with E-state index in [2.05, 4.69) is 39.2 Å². The molecule has 1 saturated heterocycles. The summed E-state index contributed by atoms with van der Waals surface area (Å²) in [5, 5.41) is 11.5. The molecule has 1 N–H and O–H groups in total. The number of aromatic nitrogens is 6. The van der Waals surface area contributed by atoms with Crippen molar-refractivity contribution in [1.29, 1.82) is 0 Å². The summed E-state index contributed by atoms with van der Waals surface area (Å²) in [5.41, 5.74) is 8.64. The van der Waals surface area contributed by atoms with E-state index in [0.29, 0.717) is 19.8 Å². The van der Waals surface area contributed by atoms with Gasteiger partial charge in [-0.25, -0.2) is 4.98 Å². The van der Waals surface area contributed by atoms with Crippen LogP contribution >= 0.6 is 0 Å². The van der Waals surface area contributed by atoms with Crippen molar-refractivity contribution in [1.82, 2.24) is 29.5 Å². The number of nitrogens with one attached hydrogen (secondary N) is 1. The number of benzene rings is 1. The molecule has 0 amide bonds. The fourth-order valence-corrected chi connectivity index (χ4v) is 6.96. The molecule has 6 heterocycles. The molecule has 1 aromatic carbocycles. The molecule has 0 unspecified atom stereocenters. The van der Waals surface area contributed by atoms with E-state index in [1.165, 1.54) is 29.4 Å². The fraction of sp³-hybridized carbons (Fsp3) is 0.414. The van der Waals surface area contributed by atoms with Crippen molar-refractivity contribution in [3.63, 3.8) is 0 Å². The first-order valence-corrected chi connectivity index (χ1v) is 13.4. The summed E-state index contributed by atoms with van der Waals surface area (Å²) >= 11 is 0. The number of methoxy groups -OCH3 is 1. The van der Waals surface area contributed by atoms with Crippen molar-refractivity contribution < 1.29 is 14.2 Å². The highest BCUT2D eigenvalue weighted by Crippen LogP contribution is 2.53. The van der Waals surface area contributed by atoms with Crippen LogP contribution in [0.25, 0.3) is 44.3 Å². The topological polar surface area (TPSA) is 92.0 Å². The maximum absolute atomic E-state index is 6.53. The maximum Gasteiger partial charge on any atom is 0.138 e. The van der Waals surface area contributed by atoms with Crippen molar-refractivity contribution in [2.75, 3.05) is 20.3 Å². The van der Waals surface area contributed by atoms with Gasteiger partial charge in [-0.3, -0.25) is 9.36 Å². The zero-order chi connectivity index (χ0) is 25.4. The number of rotatable bonds is 4. The van der Waals surface area contributed by atoms with Crippen LogP contribution in [0.1, 0.15) is 42.9 Å². The number of H-pyrrole nitrogens is 1. The van der Waals surface area contributed by atoms with Gasteiger partial charge in [0.05, 0.1) is 49.0 Å². The van der Waals surface area contributed by atoms with Crippen LogP contribution in [-0.4, -0.2) is 56.0 Å². The highest BCUT2D eigenvalue weighted by Gasteiger charge is 2.45. The molecule has 0 radical (unpaired) electrons.